The first-order valence-electron chi connectivity index (χ1n) is 10.5. The summed E-state index contributed by atoms with van der Waals surface area (Å²) in [5.74, 6) is -0.833. The molecule has 0 bridgehead atoms. The fourth-order valence-corrected chi connectivity index (χ4v) is 5.16. The molecule has 34 heavy (non-hydrogen) atoms. The molecule has 4 rings (SSSR count). The number of nitrogens with zero attached hydrogens (tertiary/aromatic N) is 5. The van der Waals surface area contributed by atoms with Crippen LogP contribution in [0.1, 0.15) is 12.6 Å². The Balaban J connectivity index is 1.55. The second-order valence-electron chi connectivity index (χ2n) is 7.66. The third-order valence-corrected chi connectivity index (χ3v) is 7.45. The Hall–Kier alpha value is -3.51. The maximum Gasteiger partial charge on any atom is 0.269 e. The number of halogens is 2. The molecule has 12 heteroatoms. The lowest BCUT2D eigenvalue weighted by Crippen LogP contribution is -2.49. The number of hydrogen-bond acceptors (Lipinski definition) is 7. The van der Waals surface area contributed by atoms with Crippen molar-refractivity contribution >= 4 is 21.5 Å². The van der Waals surface area contributed by atoms with Crippen LogP contribution in [0.4, 0.5) is 20.3 Å². The van der Waals surface area contributed by atoms with Gasteiger partial charge in [-0.1, -0.05) is 6.92 Å². The van der Waals surface area contributed by atoms with Crippen molar-refractivity contribution in [1.82, 2.24) is 14.3 Å². The standard InChI is InChI=1S/C22H21F2N5O4S/c1-2-17-14-21(26-22(25-17)15-3-6-18(7-4-15)29(30)31)27-9-11-28(12-10-27)34(32,33)20-13-16(23)5-8-19(20)24/h3-8,13-14H,2,9-12H2,1H3. The van der Waals surface area contributed by atoms with E-state index in [1.807, 2.05) is 17.9 Å². The monoisotopic (exact) mass is 489 g/mol. The molecular formula is C22H21F2N5O4S. The fraction of sp³-hybridized carbons (Fsp3) is 0.273. The van der Waals surface area contributed by atoms with E-state index in [4.69, 9.17) is 0 Å². The minimum Gasteiger partial charge on any atom is -0.354 e. The minimum atomic E-state index is -4.19. The Morgan fingerprint density at radius 1 is 1.00 bits per heavy atom. The van der Waals surface area contributed by atoms with Crippen LogP contribution in [0.5, 0.6) is 0 Å². The van der Waals surface area contributed by atoms with Gasteiger partial charge in [-0.2, -0.15) is 4.31 Å². The van der Waals surface area contributed by atoms with Gasteiger partial charge in [-0.05, 0) is 36.8 Å². The molecule has 0 radical (unpaired) electrons. The zero-order chi connectivity index (χ0) is 24.5. The number of sulfonamides is 1. The Bertz CT molecular complexity index is 1330. The zero-order valence-corrected chi connectivity index (χ0v) is 19.0. The van der Waals surface area contributed by atoms with Crippen LogP contribution in [0.3, 0.4) is 0 Å². The molecule has 0 spiro atoms. The van der Waals surface area contributed by atoms with E-state index in [1.54, 1.807) is 12.1 Å². The Kier molecular flexibility index (Phi) is 6.53. The van der Waals surface area contributed by atoms with Crippen LogP contribution in [0, 0.1) is 21.7 Å². The highest BCUT2D eigenvalue weighted by Crippen LogP contribution is 2.26. The molecule has 178 valence electrons. The molecule has 1 fully saturated rings. The molecular weight excluding hydrogens is 468 g/mol. The van der Waals surface area contributed by atoms with Gasteiger partial charge in [-0.15, -0.1) is 0 Å². The van der Waals surface area contributed by atoms with E-state index in [0.29, 0.717) is 29.7 Å². The second-order valence-corrected chi connectivity index (χ2v) is 9.57. The lowest BCUT2D eigenvalue weighted by molar-refractivity contribution is -0.384. The van der Waals surface area contributed by atoms with Crippen LogP contribution in [-0.2, 0) is 16.4 Å². The van der Waals surface area contributed by atoms with Gasteiger partial charge in [-0.25, -0.2) is 27.2 Å². The van der Waals surface area contributed by atoms with E-state index in [1.165, 1.54) is 12.1 Å². The van der Waals surface area contributed by atoms with Gasteiger partial charge < -0.3 is 4.90 Å². The van der Waals surface area contributed by atoms with Crippen LogP contribution < -0.4 is 4.90 Å². The molecule has 1 aliphatic heterocycles. The number of rotatable bonds is 6. The van der Waals surface area contributed by atoms with Crippen molar-refractivity contribution in [2.24, 2.45) is 0 Å². The number of benzene rings is 2. The average molecular weight is 490 g/mol. The molecule has 2 heterocycles. The largest absolute Gasteiger partial charge is 0.354 e. The number of nitro benzene ring substituents is 1. The predicted molar refractivity (Wildman–Crippen MR) is 121 cm³/mol. The molecule has 0 unspecified atom stereocenters. The Morgan fingerprint density at radius 3 is 2.29 bits per heavy atom. The number of nitro groups is 1. The third-order valence-electron chi connectivity index (χ3n) is 5.54. The lowest BCUT2D eigenvalue weighted by Gasteiger charge is -2.35. The smallest absolute Gasteiger partial charge is 0.269 e. The van der Waals surface area contributed by atoms with E-state index in [-0.39, 0.29) is 31.9 Å². The van der Waals surface area contributed by atoms with Crippen LogP contribution in [0.25, 0.3) is 11.4 Å². The number of aromatic nitrogens is 2. The predicted octanol–water partition coefficient (Wildman–Crippen LogP) is 3.40. The minimum absolute atomic E-state index is 0.0392. The first-order chi connectivity index (χ1) is 16.2. The second kappa shape index (κ2) is 9.39. The van der Waals surface area contributed by atoms with Gasteiger partial charge in [0.1, 0.15) is 22.3 Å². The molecule has 3 aromatic rings. The number of hydrogen-bond donors (Lipinski definition) is 0. The van der Waals surface area contributed by atoms with Crippen LogP contribution in [0.2, 0.25) is 0 Å². The summed E-state index contributed by atoms with van der Waals surface area (Å²) in [6.45, 7) is 2.64. The van der Waals surface area contributed by atoms with Crippen molar-refractivity contribution in [2.45, 2.75) is 18.2 Å². The van der Waals surface area contributed by atoms with E-state index in [9.17, 15) is 27.3 Å². The maximum absolute atomic E-state index is 14.1. The zero-order valence-electron chi connectivity index (χ0n) is 18.2. The van der Waals surface area contributed by atoms with E-state index < -0.39 is 31.5 Å². The van der Waals surface area contributed by atoms with Gasteiger partial charge in [0.2, 0.25) is 10.0 Å². The van der Waals surface area contributed by atoms with Gasteiger partial charge in [0.15, 0.2) is 5.82 Å². The van der Waals surface area contributed by atoms with Gasteiger partial charge in [0.05, 0.1) is 4.92 Å². The van der Waals surface area contributed by atoms with Gasteiger partial charge in [0, 0.05) is 55.6 Å². The summed E-state index contributed by atoms with van der Waals surface area (Å²) in [4.78, 5) is 20.7. The van der Waals surface area contributed by atoms with Crippen molar-refractivity contribution in [3.05, 3.63) is 76.0 Å². The Labute approximate surface area is 194 Å². The van der Waals surface area contributed by atoms with Crippen LogP contribution >= 0.6 is 0 Å². The first kappa shape index (κ1) is 23.6. The molecule has 0 saturated carbocycles. The highest BCUT2D eigenvalue weighted by molar-refractivity contribution is 7.89. The molecule has 0 aliphatic carbocycles. The molecule has 9 nitrogen and oxygen atoms in total. The highest BCUT2D eigenvalue weighted by Gasteiger charge is 2.31. The molecule has 1 aliphatic rings. The van der Waals surface area contributed by atoms with Gasteiger partial charge >= 0.3 is 0 Å². The van der Waals surface area contributed by atoms with Crippen LogP contribution in [-0.4, -0.2) is 53.8 Å². The normalized spacial score (nSPS) is 14.9. The van der Waals surface area contributed by atoms with Crippen LogP contribution in [0.15, 0.2) is 53.4 Å². The number of non-ortho nitro benzene ring substituents is 1. The van der Waals surface area contributed by atoms with Crippen molar-refractivity contribution in [3.63, 3.8) is 0 Å². The van der Waals surface area contributed by atoms with E-state index in [0.717, 1.165) is 22.1 Å². The topological polar surface area (TPSA) is 110 Å². The highest BCUT2D eigenvalue weighted by atomic mass is 32.2. The number of anilines is 1. The fourth-order valence-electron chi connectivity index (χ4n) is 3.66. The number of aryl methyl sites for hydroxylation is 1. The quantitative estimate of drug-likeness (QED) is 0.386. The molecule has 0 amide bonds. The number of piperazine rings is 1. The SMILES string of the molecule is CCc1cc(N2CCN(S(=O)(=O)c3cc(F)ccc3F)CC2)nc(-c2ccc([N+](=O)[O-])cc2)n1. The van der Waals surface area contributed by atoms with Crippen molar-refractivity contribution in [1.29, 1.82) is 0 Å². The van der Waals surface area contributed by atoms with Crippen molar-refractivity contribution < 1.29 is 22.1 Å². The van der Waals surface area contributed by atoms with Gasteiger partial charge in [0.25, 0.3) is 5.69 Å². The molecule has 1 aromatic heterocycles. The molecule has 1 saturated heterocycles. The molecule has 0 N–H and O–H groups in total. The van der Waals surface area contributed by atoms with Crippen molar-refractivity contribution in [3.8, 4) is 11.4 Å². The Morgan fingerprint density at radius 2 is 1.68 bits per heavy atom. The maximum atomic E-state index is 14.1. The average Bonchev–Trinajstić information content (AvgIpc) is 2.85. The lowest BCUT2D eigenvalue weighted by atomic mass is 10.2. The summed E-state index contributed by atoms with van der Waals surface area (Å²) in [6.07, 6.45) is 0.628. The first-order valence-corrected chi connectivity index (χ1v) is 12.0. The summed E-state index contributed by atoms with van der Waals surface area (Å²) < 4.78 is 54.4. The molecule has 0 atom stereocenters. The summed E-state index contributed by atoms with van der Waals surface area (Å²) >= 11 is 0. The van der Waals surface area contributed by atoms with Crippen molar-refractivity contribution in [2.75, 3.05) is 31.1 Å². The summed E-state index contributed by atoms with van der Waals surface area (Å²) in [5, 5.41) is 10.9. The third kappa shape index (κ3) is 4.73. The summed E-state index contributed by atoms with van der Waals surface area (Å²) in [7, 11) is -4.19. The summed E-state index contributed by atoms with van der Waals surface area (Å²) in [6, 6.07) is 10.1. The molecule has 2 aromatic carbocycles. The van der Waals surface area contributed by atoms with Gasteiger partial charge in [-0.3, -0.25) is 10.1 Å². The van der Waals surface area contributed by atoms with E-state index in [2.05, 4.69) is 9.97 Å². The summed E-state index contributed by atoms with van der Waals surface area (Å²) in [5.41, 5.74) is 1.34. The van der Waals surface area contributed by atoms with E-state index >= 15 is 0 Å².